The van der Waals surface area contributed by atoms with Crippen LogP contribution >= 0.6 is 0 Å². The van der Waals surface area contributed by atoms with Crippen molar-refractivity contribution in [3.8, 4) is 0 Å². The highest BCUT2D eigenvalue weighted by Crippen LogP contribution is 2.17. The van der Waals surface area contributed by atoms with Crippen LogP contribution in [0.2, 0.25) is 0 Å². The molecule has 0 saturated heterocycles. The molecule has 0 spiro atoms. The van der Waals surface area contributed by atoms with Gasteiger partial charge >= 0.3 is 0 Å². The van der Waals surface area contributed by atoms with Gasteiger partial charge in [-0.2, -0.15) is 0 Å². The van der Waals surface area contributed by atoms with E-state index in [0.29, 0.717) is 18.4 Å². The number of unbranched alkanes of at least 4 members (excludes halogenated alkanes) is 9. The highest BCUT2D eigenvalue weighted by molar-refractivity contribution is 5.80. The third-order valence-electron chi connectivity index (χ3n) is 4.75. The lowest BCUT2D eigenvalue weighted by molar-refractivity contribution is -0.118. The zero-order valence-corrected chi connectivity index (χ0v) is 14.3. The zero-order valence-electron chi connectivity index (χ0n) is 14.3. The van der Waals surface area contributed by atoms with Crippen LogP contribution in [0.1, 0.15) is 103 Å². The first-order chi connectivity index (χ1) is 10.3. The van der Waals surface area contributed by atoms with E-state index < -0.39 is 0 Å². The van der Waals surface area contributed by atoms with Gasteiger partial charge in [0.1, 0.15) is 5.78 Å². The lowest BCUT2D eigenvalue weighted by Gasteiger charge is -2.10. The molecule has 0 aromatic heterocycles. The summed E-state index contributed by atoms with van der Waals surface area (Å²) in [5.41, 5.74) is 0. The molecule has 0 atom stereocenters. The third-order valence-corrected chi connectivity index (χ3v) is 4.75. The summed E-state index contributed by atoms with van der Waals surface area (Å²) >= 11 is 0. The Bertz CT molecular complexity index is 246. The molecule has 1 aliphatic carbocycles. The van der Waals surface area contributed by atoms with Gasteiger partial charge < -0.3 is 5.32 Å². The summed E-state index contributed by atoms with van der Waals surface area (Å²) in [5.74, 6) is 0.418. The van der Waals surface area contributed by atoms with Gasteiger partial charge in [0, 0.05) is 12.5 Å². The fourth-order valence-corrected chi connectivity index (χ4v) is 3.29. The minimum Gasteiger partial charge on any atom is -0.307 e. The molecule has 0 heterocycles. The van der Waals surface area contributed by atoms with Crippen LogP contribution in [0.4, 0.5) is 0 Å². The summed E-state index contributed by atoms with van der Waals surface area (Å²) in [6.07, 6.45) is 19.4. The monoisotopic (exact) mass is 295 g/mol. The molecule has 0 radical (unpaired) electrons. The second-order valence-electron chi connectivity index (χ2n) is 6.83. The predicted molar refractivity (Wildman–Crippen MR) is 91.7 cm³/mol. The molecule has 124 valence electrons. The van der Waals surface area contributed by atoms with Crippen molar-refractivity contribution in [3.63, 3.8) is 0 Å². The maximum absolute atomic E-state index is 11.8. The van der Waals surface area contributed by atoms with E-state index in [2.05, 4.69) is 12.2 Å². The van der Waals surface area contributed by atoms with E-state index >= 15 is 0 Å². The summed E-state index contributed by atoms with van der Waals surface area (Å²) in [6.45, 7) is 2.88. The molecule has 1 rings (SSSR count). The van der Waals surface area contributed by atoms with Gasteiger partial charge in [0.2, 0.25) is 0 Å². The second-order valence-corrected chi connectivity index (χ2v) is 6.83. The summed E-state index contributed by atoms with van der Waals surface area (Å²) < 4.78 is 0. The van der Waals surface area contributed by atoms with Gasteiger partial charge in [0.15, 0.2) is 0 Å². The van der Waals surface area contributed by atoms with Gasteiger partial charge in [-0.3, -0.25) is 4.79 Å². The Kier molecular flexibility index (Phi) is 11.8. The van der Waals surface area contributed by atoms with E-state index in [0.717, 1.165) is 12.8 Å². The molecular formula is C19H37NO. The van der Waals surface area contributed by atoms with Gasteiger partial charge in [0.25, 0.3) is 0 Å². The number of ketones is 1. The molecule has 1 fully saturated rings. The van der Waals surface area contributed by atoms with Crippen molar-refractivity contribution >= 4 is 5.78 Å². The molecule has 0 amide bonds. The summed E-state index contributed by atoms with van der Waals surface area (Å²) in [7, 11) is 0. The second kappa shape index (κ2) is 13.3. The molecule has 0 aromatic rings. The number of rotatable bonds is 14. The number of carbonyl (C=O) groups is 1. The minimum absolute atomic E-state index is 0.418. The van der Waals surface area contributed by atoms with Crippen molar-refractivity contribution in [1.82, 2.24) is 5.32 Å². The first-order valence-corrected chi connectivity index (χ1v) is 9.58. The number of hydrogen-bond acceptors (Lipinski definition) is 2. The third kappa shape index (κ3) is 10.9. The van der Waals surface area contributed by atoms with Crippen molar-refractivity contribution < 1.29 is 4.79 Å². The van der Waals surface area contributed by atoms with E-state index in [9.17, 15) is 4.79 Å². The van der Waals surface area contributed by atoms with E-state index in [1.807, 2.05) is 0 Å². The lowest BCUT2D eigenvalue weighted by Crippen LogP contribution is -2.31. The molecule has 0 unspecified atom stereocenters. The van der Waals surface area contributed by atoms with Crippen molar-refractivity contribution in [2.24, 2.45) is 0 Å². The highest BCUT2D eigenvalue weighted by atomic mass is 16.1. The number of nitrogens with one attached hydrogen (secondary N) is 1. The van der Waals surface area contributed by atoms with Crippen LogP contribution in [0.15, 0.2) is 0 Å². The van der Waals surface area contributed by atoms with Gasteiger partial charge in [-0.15, -0.1) is 0 Å². The Labute approximate surface area is 132 Å². The summed E-state index contributed by atoms with van der Waals surface area (Å²) in [4.78, 5) is 11.8. The Morgan fingerprint density at radius 3 is 1.95 bits per heavy atom. The van der Waals surface area contributed by atoms with Crippen LogP contribution in [0, 0.1) is 0 Å². The van der Waals surface area contributed by atoms with Crippen molar-refractivity contribution in [3.05, 3.63) is 0 Å². The maximum atomic E-state index is 11.8. The van der Waals surface area contributed by atoms with Crippen molar-refractivity contribution in [2.45, 2.75) is 109 Å². The Morgan fingerprint density at radius 1 is 0.857 bits per heavy atom. The first-order valence-electron chi connectivity index (χ1n) is 9.58. The smallest absolute Gasteiger partial charge is 0.146 e. The number of Topliss-reactive ketones (excluding diaryl/α,β-unsaturated/α-hetero) is 1. The number of carbonyl (C=O) groups excluding carboxylic acids is 1. The zero-order chi connectivity index (χ0) is 15.2. The maximum Gasteiger partial charge on any atom is 0.146 e. The average molecular weight is 296 g/mol. The Hall–Kier alpha value is -0.370. The van der Waals surface area contributed by atoms with E-state index in [-0.39, 0.29) is 0 Å². The standard InChI is InChI=1S/C19H37NO/c1-2-3-4-5-6-7-8-9-10-11-16-19(21)17-20-18-14-12-13-15-18/h18,20H,2-17H2,1H3. The van der Waals surface area contributed by atoms with Crippen LogP contribution < -0.4 is 5.32 Å². The molecule has 0 aliphatic heterocycles. The lowest BCUT2D eigenvalue weighted by atomic mass is 10.0. The fourth-order valence-electron chi connectivity index (χ4n) is 3.29. The van der Waals surface area contributed by atoms with Gasteiger partial charge in [-0.25, -0.2) is 0 Å². The van der Waals surface area contributed by atoms with Gasteiger partial charge in [-0.1, -0.05) is 77.6 Å². The van der Waals surface area contributed by atoms with Crippen LogP contribution in [-0.4, -0.2) is 18.4 Å². The van der Waals surface area contributed by atoms with Crippen molar-refractivity contribution in [1.29, 1.82) is 0 Å². The number of hydrogen-bond donors (Lipinski definition) is 1. The molecular weight excluding hydrogens is 258 g/mol. The van der Waals surface area contributed by atoms with Crippen LogP contribution in [-0.2, 0) is 4.79 Å². The molecule has 1 N–H and O–H groups in total. The van der Waals surface area contributed by atoms with Crippen LogP contribution in [0.5, 0.6) is 0 Å². The highest BCUT2D eigenvalue weighted by Gasteiger charge is 2.14. The molecule has 1 saturated carbocycles. The van der Waals surface area contributed by atoms with Crippen molar-refractivity contribution in [2.75, 3.05) is 6.54 Å². The summed E-state index contributed by atoms with van der Waals surface area (Å²) in [6, 6.07) is 0.627. The average Bonchev–Trinajstić information content (AvgIpc) is 3.00. The van der Waals surface area contributed by atoms with E-state index in [1.165, 1.54) is 83.5 Å². The topological polar surface area (TPSA) is 29.1 Å². The fraction of sp³-hybridized carbons (Fsp3) is 0.947. The largest absolute Gasteiger partial charge is 0.307 e. The van der Waals surface area contributed by atoms with Gasteiger partial charge in [-0.05, 0) is 19.3 Å². The minimum atomic E-state index is 0.418. The summed E-state index contributed by atoms with van der Waals surface area (Å²) in [5, 5.41) is 3.42. The van der Waals surface area contributed by atoms with E-state index in [1.54, 1.807) is 0 Å². The molecule has 2 heteroatoms. The van der Waals surface area contributed by atoms with Crippen LogP contribution in [0.3, 0.4) is 0 Å². The quantitative estimate of drug-likeness (QED) is 0.435. The Morgan fingerprint density at radius 2 is 1.38 bits per heavy atom. The molecule has 21 heavy (non-hydrogen) atoms. The SMILES string of the molecule is CCCCCCCCCCCCC(=O)CNC1CCCC1. The molecule has 0 bridgehead atoms. The molecule has 0 aromatic carbocycles. The molecule has 1 aliphatic rings. The predicted octanol–water partition coefficient (Wildman–Crippen LogP) is 5.40. The first kappa shape index (κ1) is 18.7. The Balaban J connectivity index is 1.77. The van der Waals surface area contributed by atoms with Gasteiger partial charge in [0.05, 0.1) is 6.54 Å². The van der Waals surface area contributed by atoms with E-state index in [4.69, 9.17) is 0 Å². The van der Waals surface area contributed by atoms with Crippen LogP contribution in [0.25, 0.3) is 0 Å². The molecule has 2 nitrogen and oxygen atoms in total. The normalized spacial score (nSPS) is 15.7.